The molecule has 0 aromatic heterocycles. The van der Waals surface area contributed by atoms with Crippen LogP contribution >= 0.6 is 0 Å². The number of carbonyl (C=O) groups excluding carboxylic acids is 2. The van der Waals surface area contributed by atoms with Crippen LogP contribution in [0.1, 0.15) is 26.3 Å². The van der Waals surface area contributed by atoms with Crippen LogP contribution in [0.25, 0.3) is 0 Å². The van der Waals surface area contributed by atoms with E-state index < -0.39 is 15.9 Å². The lowest BCUT2D eigenvalue weighted by atomic mass is 10.1. The minimum absolute atomic E-state index is 0.0861. The van der Waals surface area contributed by atoms with E-state index in [1.807, 2.05) is 0 Å². The number of hydrogen-bond donors (Lipinski definition) is 2. The summed E-state index contributed by atoms with van der Waals surface area (Å²) in [6, 6.07) is 11.5. The average molecular weight is 397 g/mol. The third kappa shape index (κ3) is 4.00. The minimum Gasteiger partial charge on any atom is -0.341 e. The molecule has 0 radical (unpaired) electrons. The van der Waals surface area contributed by atoms with E-state index in [9.17, 15) is 18.0 Å². The highest BCUT2D eigenvalue weighted by Crippen LogP contribution is 2.31. The summed E-state index contributed by atoms with van der Waals surface area (Å²) < 4.78 is 25.0. The van der Waals surface area contributed by atoms with Crippen LogP contribution in [-0.2, 0) is 16.4 Å². The summed E-state index contributed by atoms with van der Waals surface area (Å²) in [4.78, 5) is 24.9. The number of nitrogens with zero attached hydrogens (tertiary/aromatic N) is 1. The van der Waals surface area contributed by atoms with Gasteiger partial charge in [-0.1, -0.05) is 18.1 Å². The summed E-state index contributed by atoms with van der Waals surface area (Å²) in [5.74, 6) is 1.55. The topological polar surface area (TPSA) is 95.6 Å². The summed E-state index contributed by atoms with van der Waals surface area (Å²) in [6.45, 7) is 0.445. The zero-order valence-electron chi connectivity index (χ0n) is 15.2. The van der Waals surface area contributed by atoms with Crippen LogP contribution in [0.4, 0.5) is 11.4 Å². The average Bonchev–Trinajstić information content (AvgIpc) is 3.10. The van der Waals surface area contributed by atoms with Gasteiger partial charge in [0.15, 0.2) is 0 Å². The van der Waals surface area contributed by atoms with Crippen LogP contribution in [0.15, 0.2) is 42.5 Å². The van der Waals surface area contributed by atoms with E-state index in [4.69, 9.17) is 6.42 Å². The molecule has 0 aliphatic carbocycles. The number of rotatable bonds is 5. The lowest BCUT2D eigenvalue weighted by Gasteiger charge is -2.16. The highest BCUT2D eigenvalue weighted by atomic mass is 32.2. The summed E-state index contributed by atoms with van der Waals surface area (Å²) in [5.41, 5.74) is 2.43. The van der Waals surface area contributed by atoms with Crippen molar-refractivity contribution in [2.24, 2.45) is 0 Å². The molecule has 2 aromatic rings. The first-order valence-electron chi connectivity index (χ1n) is 8.54. The Morgan fingerprint density at radius 1 is 1.18 bits per heavy atom. The maximum absolute atomic E-state index is 12.7. The van der Waals surface area contributed by atoms with Crippen LogP contribution < -0.4 is 14.9 Å². The molecule has 0 unspecified atom stereocenters. The normalized spacial score (nSPS) is 12.8. The van der Waals surface area contributed by atoms with Crippen LogP contribution in [0, 0.1) is 12.3 Å². The van der Waals surface area contributed by atoms with E-state index in [0.717, 1.165) is 11.8 Å². The molecule has 0 spiro atoms. The van der Waals surface area contributed by atoms with Gasteiger partial charge in [-0.05, 0) is 42.3 Å². The van der Waals surface area contributed by atoms with Gasteiger partial charge in [0, 0.05) is 12.1 Å². The third-order valence-corrected chi connectivity index (χ3v) is 5.55. The zero-order chi connectivity index (χ0) is 20.3. The SMILES string of the molecule is C#CCNC(=O)c1ccccc1NC(=O)c1ccc2c(c1)CCN2S(C)(=O)=O. The number of terminal acetylenes is 1. The minimum atomic E-state index is -3.35. The molecular formula is C20H19N3O4S. The van der Waals surface area contributed by atoms with Crippen molar-refractivity contribution in [2.75, 3.05) is 29.0 Å². The van der Waals surface area contributed by atoms with Gasteiger partial charge in [-0.15, -0.1) is 6.42 Å². The maximum atomic E-state index is 12.7. The van der Waals surface area contributed by atoms with E-state index in [2.05, 4.69) is 16.6 Å². The third-order valence-electron chi connectivity index (χ3n) is 4.37. The van der Waals surface area contributed by atoms with E-state index in [1.165, 1.54) is 4.31 Å². The Morgan fingerprint density at radius 2 is 1.93 bits per heavy atom. The second kappa shape index (κ2) is 7.74. The standard InChI is InChI=1S/C20H19N3O4S/c1-3-11-21-20(25)16-6-4-5-7-17(16)22-19(24)15-8-9-18-14(13-15)10-12-23(18)28(2,26)27/h1,4-9,13H,10-12H2,2H3,(H,21,25)(H,22,24). The lowest BCUT2D eigenvalue weighted by molar-refractivity contribution is 0.0959. The lowest BCUT2D eigenvalue weighted by Crippen LogP contribution is -2.27. The number of amides is 2. The Bertz CT molecular complexity index is 1090. The van der Waals surface area contributed by atoms with Crippen molar-refractivity contribution in [2.45, 2.75) is 6.42 Å². The van der Waals surface area contributed by atoms with E-state index >= 15 is 0 Å². The Morgan fingerprint density at radius 3 is 2.64 bits per heavy atom. The molecule has 0 bridgehead atoms. The molecule has 1 heterocycles. The molecule has 1 aliphatic heterocycles. The van der Waals surface area contributed by atoms with E-state index in [0.29, 0.717) is 35.5 Å². The zero-order valence-corrected chi connectivity index (χ0v) is 16.0. The first kappa shape index (κ1) is 19.5. The Kier molecular flexibility index (Phi) is 5.38. The first-order chi connectivity index (χ1) is 13.3. The molecule has 2 aromatic carbocycles. The Balaban J connectivity index is 1.82. The summed E-state index contributed by atoms with van der Waals surface area (Å²) in [7, 11) is -3.35. The Labute approximate surface area is 163 Å². The van der Waals surface area contributed by atoms with Gasteiger partial charge >= 0.3 is 0 Å². The van der Waals surface area contributed by atoms with Crippen LogP contribution in [0.2, 0.25) is 0 Å². The van der Waals surface area contributed by atoms with Crippen molar-refractivity contribution in [3.8, 4) is 12.3 Å². The quantitative estimate of drug-likeness (QED) is 0.750. The first-order valence-corrected chi connectivity index (χ1v) is 10.4. The van der Waals surface area contributed by atoms with Gasteiger partial charge in [-0.3, -0.25) is 13.9 Å². The number of sulfonamides is 1. The molecule has 7 nitrogen and oxygen atoms in total. The molecule has 8 heteroatoms. The molecule has 0 atom stereocenters. The van der Waals surface area contributed by atoms with Crippen molar-refractivity contribution >= 4 is 33.2 Å². The summed E-state index contributed by atoms with van der Waals surface area (Å²) >= 11 is 0. The fourth-order valence-corrected chi connectivity index (χ4v) is 4.03. The molecule has 144 valence electrons. The molecule has 0 saturated carbocycles. The number of hydrogen-bond acceptors (Lipinski definition) is 4. The molecule has 3 rings (SSSR count). The van der Waals surface area contributed by atoms with Crippen LogP contribution in [0.3, 0.4) is 0 Å². The number of fused-ring (bicyclic) bond motifs is 1. The number of benzene rings is 2. The highest BCUT2D eigenvalue weighted by Gasteiger charge is 2.27. The second-order valence-electron chi connectivity index (χ2n) is 6.32. The van der Waals surface area contributed by atoms with Gasteiger partial charge in [0.2, 0.25) is 10.0 Å². The van der Waals surface area contributed by atoms with E-state index in [-0.39, 0.29) is 12.5 Å². The number of nitrogens with one attached hydrogen (secondary N) is 2. The number of anilines is 2. The van der Waals surface area contributed by atoms with Crippen molar-refractivity contribution in [1.82, 2.24) is 5.32 Å². The maximum Gasteiger partial charge on any atom is 0.255 e. The Hall–Kier alpha value is -3.31. The number of carbonyl (C=O) groups is 2. The fourth-order valence-electron chi connectivity index (χ4n) is 3.07. The van der Waals surface area contributed by atoms with Crippen molar-refractivity contribution in [3.63, 3.8) is 0 Å². The molecule has 0 fully saturated rings. The van der Waals surface area contributed by atoms with Crippen molar-refractivity contribution < 1.29 is 18.0 Å². The van der Waals surface area contributed by atoms with E-state index in [1.54, 1.807) is 42.5 Å². The monoisotopic (exact) mass is 397 g/mol. The van der Waals surface area contributed by atoms with Gasteiger partial charge < -0.3 is 10.6 Å². The van der Waals surface area contributed by atoms with Crippen molar-refractivity contribution in [3.05, 3.63) is 59.2 Å². The van der Waals surface area contributed by atoms with Crippen LogP contribution in [0.5, 0.6) is 0 Å². The molecule has 2 N–H and O–H groups in total. The largest absolute Gasteiger partial charge is 0.341 e. The molecule has 1 aliphatic rings. The van der Waals surface area contributed by atoms with Gasteiger partial charge in [-0.2, -0.15) is 0 Å². The summed E-state index contributed by atoms with van der Waals surface area (Å²) in [6.07, 6.45) is 6.85. The van der Waals surface area contributed by atoms with Gasteiger partial charge in [0.25, 0.3) is 11.8 Å². The molecule has 28 heavy (non-hydrogen) atoms. The van der Waals surface area contributed by atoms with Crippen molar-refractivity contribution in [1.29, 1.82) is 0 Å². The number of para-hydroxylation sites is 1. The fraction of sp³-hybridized carbons (Fsp3) is 0.200. The molecular weight excluding hydrogens is 378 g/mol. The van der Waals surface area contributed by atoms with Gasteiger partial charge in [0.05, 0.1) is 29.7 Å². The highest BCUT2D eigenvalue weighted by molar-refractivity contribution is 7.92. The predicted octanol–water partition coefficient (Wildman–Crippen LogP) is 1.62. The molecule has 2 amide bonds. The van der Waals surface area contributed by atoms with Gasteiger partial charge in [-0.25, -0.2) is 8.42 Å². The van der Waals surface area contributed by atoms with Gasteiger partial charge in [0.1, 0.15) is 0 Å². The van der Waals surface area contributed by atoms with Crippen LogP contribution in [-0.4, -0.2) is 39.6 Å². The predicted molar refractivity (Wildman–Crippen MR) is 108 cm³/mol. The molecule has 0 saturated heterocycles. The second-order valence-corrected chi connectivity index (χ2v) is 8.22. The smallest absolute Gasteiger partial charge is 0.255 e. The summed E-state index contributed by atoms with van der Waals surface area (Å²) in [5, 5.41) is 5.30.